The Morgan fingerprint density at radius 1 is 0.970 bits per heavy atom. The maximum absolute atomic E-state index is 12.7. The van der Waals surface area contributed by atoms with Crippen molar-refractivity contribution in [2.24, 2.45) is 0 Å². The third-order valence-corrected chi connectivity index (χ3v) is 7.58. The molecule has 0 aliphatic rings. The lowest BCUT2D eigenvalue weighted by atomic mass is 10.0. The lowest BCUT2D eigenvalue weighted by Gasteiger charge is -2.10. The maximum atomic E-state index is 12.7. The van der Waals surface area contributed by atoms with Gasteiger partial charge in [0.15, 0.2) is 0 Å². The number of sulfonamides is 1. The minimum Gasteiger partial charge on any atom is -0.361 e. The molecule has 5 nitrogen and oxygen atoms in total. The molecule has 3 aromatic carbocycles. The topological polar surface area (TPSA) is 79.0 Å². The average molecular weight is 501 g/mol. The molecule has 0 aliphatic carbocycles. The molecule has 0 aliphatic heterocycles. The molecule has 0 fully saturated rings. The number of amides is 1. The summed E-state index contributed by atoms with van der Waals surface area (Å²) in [6.07, 6.45) is 2.43. The fourth-order valence-electron chi connectivity index (χ4n) is 3.78. The van der Waals surface area contributed by atoms with E-state index in [1.165, 1.54) is 0 Å². The second-order valence-electron chi connectivity index (χ2n) is 8.08. The molecule has 0 radical (unpaired) electrons. The van der Waals surface area contributed by atoms with Crippen LogP contribution in [0.1, 0.15) is 27.8 Å². The highest BCUT2D eigenvalue weighted by molar-refractivity contribution is 7.90. The van der Waals surface area contributed by atoms with Gasteiger partial charge in [-0.05, 0) is 72.0 Å². The smallest absolute Gasteiger partial charge is 0.264 e. The van der Waals surface area contributed by atoms with Crippen LogP contribution in [-0.2, 0) is 27.7 Å². The van der Waals surface area contributed by atoms with Gasteiger partial charge in [-0.3, -0.25) is 4.79 Å². The van der Waals surface area contributed by atoms with Gasteiger partial charge in [-0.15, -0.1) is 0 Å². The summed E-state index contributed by atoms with van der Waals surface area (Å²) in [5.74, 6) is -0.590. The van der Waals surface area contributed by atoms with Gasteiger partial charge in [-0.25, -0.2) is 13.1 Å². The predicted octanol–water partition coefficient (Wildman–Crippen LogP) is 5.73. The largest absolute Gasteiger partial charge is 0.361 e. The number of fused-ring (bicyclic) bond motifs is 1. The van der Waals surface area contributed by atoms with E-state index in [-0.39, 0.29) is 11.3 Å². The van der Waals surface area contributed by atoms with Crippen molar-refractivity contribution < 1.29 is 13.2 Å². The van der Waals surface area contributed by atoms with E-state index in [4.69, 9.17) is 23.2 Å². The fraction of sp³-hybridized carbons (Fsp3) is 0.160. The summed E-state index contributed by atoms with van der Waals surface area (Å²) in [6.45, 7) is 3.51. The molecule has 4 rings (SSSR count). The summed E-state index contributed by atoms with van der Waals surface area (Å²) in [4.78, 5) is 15.9. The number of hydrogen-bond acceptors (Lipinski definition) is 3. The molecule has 1 aromatic heterocycles. The van der Waals surface area contributed by atoms with Crippen molar-refractivity contribution in [3.8, 4) is 0 Å². The third-order valence-electron chi connectivity index (χ3n) is 5.47. The Morgan fingerprint density at radius 3 is 2.52 bits per heavy atom. The van der Waals surface area contributed by atoms with Crippen molar-refractivity contribution in [1.82, 2.24) is 9.71 Å². The van der Waals surface area contributed by atoms with Crippen molar-refractivity contribution in [2.45, 2.75) is 31.6 Å². The first-order valence-electron chi connectivity index (χ1n) is 10.3. The summed E-state index contributed by atoms with van der Waals surface area (Å²) >= 11 is 12.3. The highest BCUT2D eigenvalue weighted by Gasteiger charge is 2.20. The van der Waals surface area contributed by atoms with Crippen LogP contribution < -0.4 is 4.72 Å². The van der Waals surface area contributed by atoms with Crippen molar-refractivity contribution in [2.75, 3.05) is 0 Å². The van der Waals surface area contributed by atoms with Gasteiger partial charge in [0.2, 0.25) is 5.91 Å². The molecule has 0 saturated heterocycles. The van der Waals surface area contributed by atoms with E-state index >= 15 is 0 Å². The number of carbonyl (C=O) groups is 1. The highest BCUT2D eigenvalue weighted by atomic mass is 35.5. The van der Waals surface area contributed by atoms with E-state index < -0.39 is 15.9 Å². The van der Waals surface area contributed by atoms with Gasteiger partial charge in [0.1, 0.15) is 0 Å². The molecule has 0 unspecified atom stereocenters. The van der Waals surface area contributed by atoms with Gasteiger partial charge in [0, 0.05) is 33.6 Å². The zero-order valence-corrected chi connectivity index (χ0v) is 20.4. The number of benzene rings is 3. The number of carbonyl (C=O) groups excluding carboxylic acids is 1. The number of aromatic amines is 1. The van der Waals surface area contributed by atoms with Gasteiger partial charge in [0.25, 0.3) is 10.0 Å². The van der Waals surface area contributed by atoms with Gasteiger partial charge >= 0.3 is 0 Å². The van der Waals surface area contributed by atoms with Crippen LogP contribution in [0.15, 0.2) is 65.7 Å². The molecule has 1 heterocycles. The van der Waals surface area contributed by atoms with E-state index in [1.807, 2.05) is 36.5 Å². The fourth-order valence-corrected chi connectivity index (χ4v) is 5.57. The number of nitrogens with one attached hydrogen (secondary N) is 2. The Morgan fingerprint density at radius 2 is 1.76 bits per heavy atom. The molecule has 0 spiro atoms. The Labute approximate surface area is 202 Å². The SMILES string of the molecule is Cc1ccc(C)c(S(=O)(=O)NC(=O)Cc2ccc3[nH]cc(Cc4ccc(Cl)cc4Cl)c3c2)c1. The highest BCUT2D eigenvalue weighted by Crippen LogP contribution is 2.27. The van der Waals surface area contributed by atoms with Crippen molar-refractivity contribution in [1.29, 1.82) is 0 Å². The number of rotatable bonds is 6. The first-order valence-corrected chi connectivity index (χ1v) is 12.5. The molecule has 0 bridgehead atoms. The van der Waals surface area contributed by atoms with Crippen LogP contribution in [0.4, 0.5) is 0 Å². The summed E-state index contributed by atoms with van der Waals surface area (Å²) in [7, 11) is -3.95. The van der Waals surface area contributed by atoms with Gasteiger partial charge < -0.3 is 4.98 Å². The van der Waals surface area contributed by atoms with E-state index in [9.17, 15) is 13.2 Å². The van der Waals surface area contributed by atoms with Crippen molar-refractivity contribution >= 4 is 50.0 Å². The number of halogens is 2. The molecule has 8 heteroatoms. The van der Waals surface area contributed by atoms with Gasteiger partial charge in [0.05, 0.1) is 11.3 Å². The van der Waals surface area contributed by atoms with E-state index in [0.29, 0.717) is 27.6 Å². The normalized spacial score (nSPS) is 11.6. The van der Waals surface area contributed by atoms with Crippen LogP contribution >= 0.6 is 23.2 Å². The number of hydrogen-bond donors (Lipinski definition) is 2. The molecule has 4 aromatic rings. The number of H-pyrrole nitrogens is 1. The van der Waals surface area contributed by atoms with Crippen LogP contribution in [0.3, 0.4) is 0 Å². The molecule has 2 N–H and O–H groups in total. The molecular formula is C25H22Cl2N2O3S. The lowest BCUT2D eigenvalue weighted by Crippen LogP contribution is -2.32. The summed E-state index contributed by atoms with van der Waals surface area (Å²) in [5.41, 5.74) is 4.96. The van der Waals surface area contributed by atoms with Crippen molar-refractivity contribution in [3.05, 3.63) is 98.7 Å². The Balaban J connectivity index is 1.55. The molecule has 0 atom stereocenters. The van der Waals surface area contributed by atoms with Gasteiger partial charge in [-0.1, -0.05) is 47.5 Å². The number of aromatic nitrogens is 1. The molecule has 1 amide bonds. The first-order chi connectivity index (χ1) is 15.6. The molecule has 0 saturated carbocycles. The molecule has 33 heavy (non-hydrogen) atoms. The average Bonchev–Trinajstić information content (AvgIpc) is 3.13. The zero-order chi connectivity index (χ0) is 23.8. The lowest BCUT2D eigenvalue weighted by molar-refractivity contribution is -0.118. The van der Waals surface area contributed by atoms with Crippen molar-refractivity contribution in [3.63, 3.8) is 0 Å². The Kier molecular flexibility index (Phi) is 6.52. The van der Waals surface area contributed by atoms with Crippen LogP contribution in [0.5, 0.6) is 0 Å². The van der Waals surface area contributed by atoms with Crippen LogP contribution in [-0.4, -0.2) is 19.3 Å². The summed E-state index contributed by atoms with van der Waals surface area (Å²) in [6, 6.07) is 16.1. The maximum Gasteiger partial charge on any atom is 0.264 e. The Hall–Kier alpha value is -2.80. The van der Waals surface area contributed by atoms with E-state index in [2.05, 4.69) is 9.71 Å². The van der Waals surface area contributed by atoms with Gasteiger partial charge in [-0.2, -0.15) is 0 Å². The standard InChI is InChI=1S/C25H22Cl2N2O3S/c1-15-3-4-16(2)24(9-15)33(31,32)29-25(30)11-17-5-8-23-21(10-17)19(14-28-23)12-18-6-7-20(26)13-22(18)27/h3-10,13-14,28H,11-12H2,1-2H3,(H,29,30). The third kappa shape index (κ3) is 5.24. The van der Waals surface area contributed by atoms with Crippen LogP contribution in [0.25, 0.3) is 10.9 Å². The zero-order valence-electron chi connectivity index (χ0n) is 18.1. The monoisotopic (exact) mass is 500 g/mol. The summed E-state index contributed by atoms with van der Waals surface area (Å²) in [5, 5.41) is 2.11. The second-order valence-corrected chi connectivity index (χ2v) is 10.6. The van der Waals surface area contributed by atoms with Crippen LogP contribution in [0, 0.1) is 13.8 Å². The minimum absolute atomic E-state index is 0.0631. The minimum atomic E-state index is -3.95. The summed E-state index contributed by atoms with van der Waals surface area (Å²) < 4.78 is 27.7. The Bertz CT molecular complexity index is 1480. The quantitative estimate of drug-likeness (QED) is 0.354. The van der Waals surface area contributed by atoms with E-state index in [0.717, 1.165) is 27.6 Å². The number of aryl methyl sites for hydroxylation is 2. The molecular weight excluding hydrogens is 479 g/mol. The predicted molar refractivity (Wildman–Crippen MR) is 133 cm³/mol. The molecule has 170 valence electrons. The first kappa shape index (κ1) is 23.4. The second kappa shape index (κ2) is 9.21. The van der Waals surface area contributed by atoms with Crippen LogP contribution in [0.2, 0.25) is 10.0 Å². The van der Waals surface area contributed by atoms with E-state index in [1.54, 1.807) is 38.1 Å².